The Bertz CT molecular complexity index is 1100. The Morgan fingerprint density at radius 2 is 1.82 bits per heavy atom. The second-order valence-corrected chi connectivity index (χ2v) is 10.3. The number of thioether (sulfide) groups is 1. The molecule has 0 saturated heterocycles. The molecule has 1 aromatic heterocycles. The summed E-state index contributed by atoms with van der Waals surface area (Å²) in [5, 5.41) is 11.6. The third-order valence-electron chi connectivity index (χ3n) is 7.01. The largest absolute Gasteiger partial charge is 0.363 e. The van der Waals surface area contributed by atoms with Crippen LogP contribution in [0.4, 0.5) is 5.82 Å². The molecule has 1 amide bonds. The summed E-state index contributed by atoms with van der Waals surface area (Å²) in [6, 6.07) is 19.1. The summed E-state index contributed by atoms with van der Waals surface area (Å²) in [5.41, 5.74) is 2.31. The maximum atomic E-state index is 13.7. The van der Waals surface area contributed by atoms with E-state index in [2.05, 4.69) is 98.2 Å². The molecule has 3 aromatic rings. The normalized spacial score (nSPS) is 17.2. The molecule has 1 aliphatic rings. The molecule has 2 aromatic carbocycles. The molecule has 4 rings (SSSR count). The Hall–Kier alpha value is -2.73. The first-order valence-electron chi connectivity index (χ1n) is 11.7. The molecule has 33 heavy (non-hydrogen) atoms. The Morgan fingerprint density at radius 1 is 1.15 bits per heavy atom. The highest BCUT2D eigenvalue weighted by atomic mass is 32.2. The fraction of sp³-hybridized carbons (Fsp3) is 0.407. The second-order valence-electron chi connectivity index (χ2n) is 9.41. The third kappa shape index (κ3) is 4.41. The van der Waals surface area contributed by atoms with E-state index in [9.17, 15) is 4.79 Å². The van der Waals surface area contributed by atoms with Gasteiger partial charge in [-0.25, -0.2) is 4.68 Å². The van der Waals surface area contributed by atoms with Crippen LogP contribution in [0.25, 0.3) is 0 Å². The number of anilines is 1. The number of carbonyl (C=O) groups excluding carboxylic acids is 1. The fourth-order valence-electron chi connectivity index (χ4n) is 4.90. The number of hydrogen-bond donors (Lipinski definition) is 2. The third-order valence-corrected chi connectivity index (χ3v) is 7.75. The molecule has 0 aliphatic carbocycles. The van der Waals surface area contributed by atoms with Crippen LogP contribution < -0.4 is 10.6 Å². The lowest BCUT2D eigenvalue weighted by Gasteiger charge is -2.38. The van der Waals surface area contributed by atoms with Crippen molar-refractivity contribution >= 4 is 23.5 Å². The van der Waals surface area contributed by atoms with Crippen LogP contribution in [-0.4, -0.2) is 21.9 Å². The van der Waals surface area contributed by atoms with Crippen LogP contribution in [0.15, 0.2) is 65.7 Å². The lowest BCUT2D eigenvalue weighted by Crippen LogP contribution is -2.45. The van der Waals surface area contributed by atoms with Gasteiger partial charge in [0.2, 0.25) is 0 Å². The molecule has 2 N–H and O–H groups in total. The minimum atomic E-state index is -0.425. The van der Waals surface area contributed by atoms with Crippen molar-refractivity contribution in [2.75, 3.05) is 11.6 Å². The highest BCUT2D eigenvalue weighted by molar-refractivity contribution is 7.98. The number of fused-ring (bicyclic) bond motifs is 1. The molecule has 2 heterocycles. The molecule has 0 saturated carbocycles. The van der Waals surface area contributed by atoms with Gasteiger partial charge in [-0.2, -0.15) is 5.10 Å². The molecule has 0 spiro atoms. The lowest BCUT2D eigenvalue weighted by molar-refractivity contribution is 0.0890. The highest BCUT2D eigenvalue weighted by Gasteiger charge is 2.38. The van der Waals surface area contributed by atoms with Crippen molar-refractivity contribution in [3.8, 4) is 0 Å². The van der Waals surface area contributed by atoms with Gasteiger partial charge in [0, 0.05) is 4.90 Å². The van der Waals surface area contributed by atoms with Crippen LogP contribution in [0, 0.1) is 0 Å². The molecule has 1 unspecified atom stereocenters. The molecule has 5 nitrogen and oxygen atoms in total. The van der Waals surface area contributed by atoms with Crippen molar-refractivity contribution < 1.29 is 4.79 Å². The van der Waals surface area contributed by atoms with Gasteiger partial charge in [-0.05, 0) is 62.6 Å². The fourth-order valence-corrected chi connectivity index (χ4v) is 5.31. The minimum Gasteiger partial charge on any atom is -0.363 e. The number of amides is 1. The Morgan fingerprint density at radius 3 is 2.42 bits per heavy atom. The van der Waals surface area contributed by atoms with Gasteiger partial charge in [0.15, 0.2) is 0 Å². The maximum Gasteiger partial charge on any atom is 0.257 e. The van der Waals surface area contributed by atoms with Crippen LogP contribution in [0.5, 0.6) is 0 Å². The monoisotopic (exact) mass is 462 g/mol. The average molecular weight is 463 g/mol. The highest BCUT2D eigenvalue weighted by Crippen LogP contribution is 2.40. The van der Waals surface area contributed by atoms with Crippen molar-refractivity contribution in [1.29, 1.82) is 0 Å². The van der Waals surface area contributed by atoms with Crippen molar-refractivity contribution in [2.24, 2.45) is 0 Å². The smallest absolute Gasteiger partial charge is 0.257 e. The van der Waals surface area contributed by atoms with E-state index in [4.69, 9.17) is 0 Å². The van der Waals surface area contributed by atoms with Crippen molar-refractivity contribution in [2.45, 2.75) is 69.0 Å². The summed E-state index contributed by atoms with van der Waals surface area (Å²) >= 11 is 1.72. The van der Waals surface area contributed by atoms with Crippen LogP contribution in [0.2, 0.25) is 0 Å². The first kappa shape index (κ1) is 23.4. The van der Waals surface area contributed by atoms with Crippen LogP contribution >= 0.6 is 11.8 Å². The van der Waals surface area contributed by atoms with Crippen LogP contribution in [0.1, 0.15) is 74.5 Å². The molecule has 174 valence electrons. The van der Waals surface area contributed by atoms with E-state index in [1.165, 1.54) is 10.5 Å². The van der Waals surface area contributed by atoms with E-state index < -0.39 is 5.54 Å². The van der Waals surface area contributed by atoms with E-state index in [0.717, 1.165) is 30.6 Å². The number of benzene rings is 2. The number of aromatic nitrogens is 2. The zero-order valence-corrected chi connectivity index (χ0v) is 21.0. The number of nitrogens with one attached hydrogen (secondary N) is 2. The van der Waals surface area contributed by atoms with Gasteiger partial charge in [0.1, 0.15) is 11.4 Å². The topological polar surface area (TPSA) is 59.0 Å². The molecule has 6 heteroatoms. The van der Waals surface area contributed by atoms with Gasteiger partial charge in [-0.1, -0.05) is 56.3 Å². The average Bonchev–Trinajstić information content (AvgIpc) is 3.28. The predicted octanol–water partition coefficient (Wildman–Crippen LogP) is 6.34. The molecule has 1 atom stereocenters. The van der Waals surface area contributed by atoms with E-state index in [0.29, 0.717) is 5.56 Å². The summed E-state index contributed by atoms with van der Waals surface area (Å²) in [6.45, 7) is 8.62. The van der Waals surface area contributed by atoms with E-state index in [-0.39, 0.29) is 17.5 Å². The Kier molecular flexibility index (Phi) is 6.57. The van der Waals surface area contributed by atoms with Gasteiger partial charge >= 0.3 is 0 Å². The first-order chi connectivity index (χ1) is 15.8. The maximum absolute atomic E-state index is 13.7. The first-order valence-corrected chi connectivity index (χ1v) is 12.9. The number of nitrogens with zero attached hydrogens (tertiary/aromatic N) is 2. The summed E-state index contributed by atoms with van der Waals surface area (Å²) < 4.78 is 1.97. The predicted molar refractivity (Wildman–Crippen MR) is 137 cm³/mol. The van der Waals surface area contributed by atoms with Crippen LogP contribution in [0.3, 0.4) is 0 Å². The molecule has 0 fully saturated rings. The molecule has 0 bridgehead atoms. The van der Waals surface area contributed by atoms with E-state index >= 15 is 0 Å². The van der Waals surface area contributed by atoms with E-state index in [1.54, 1.807) is 18.0 Å². The summed E-state index contributed by atoms with van der Waals surface area (Å²) in [4.78, 5) is 14.9. The molecular formula is C27H34N4OS. The molecular weight excluding hydrogens is 428 g/mol. The SMILES string of the molecule is CCC(CC)(NC(=O)c1cnn2c1NC(c1ccccc1)CC2(C)C)c1ccc(SC)cc1. The summed E-state index contributed by atoms with van der Waals surface area (Å²) in [5.74, 6) is 0.697. The van der Waals surface area contributed by atoms with Crippen molar-refractivity contribution in [3.63, 3.8) is 0 Å². The van der Waals surface area contributed by atoms with Gasteiger partial charge in [0.25, 0.3) is 5.91 Å². The summed E-state index contributed by atoms with van der Waals surface area (Å²) in [7, 11) is 0. The van der Waals surface area contributed by atoms with Crippen LogP contribution in [-0.2, 0) is 11.1 Å². The quantitative estimate of drug-likeness (QED) is 0.402. The van der Waals surface area contributed by atoms with Gasteiger partial charge in [-0.3, -0.25) is 4.79 Å². The van der Waals surface area contributed by atoms with Gasteiger partial charge < -0.3 is 10.6 Å². The number of carbonyl (C=O) groups is 1. The van der Waals surface area contributed by atoms with Gasteiger partial charge in [0.05, 0.1) is 23.3 Å². The minimum absolute atomic E-state index is 0.0918. The summed E-state index contributed by atoms with van der Waals surface area (Å²) in [6.07, 6.45) is 6.29. The van der Waals surface area contributed by atoms with Crippen molar-refractivity contribution in [3.05, 3.63) is 77.5 Å². The molecule has 1 aliphatic heterocycles. The molecule has 0 radical (unpaired) electrons. The number of rotatable bonds is 7. The standard InChI is InChI=1S/C27H34N4OS/c1-6-27(7-2,20-13-15-21(33-5)16-14-20)30-25(32)22-18-28-31-24(22)29-23(17-26(31,3)4)19-11-9-8-10-12-19/h8-16,18,23,29H,6-7,17H2,1-5H3,(H,30,32). The Balaban J connectivity index is 1.66. The van der Waals surface area contributed by atoms with E-state index in [1.807, 2.05) is 10.7 Å². The lowest BCUT2D eigenvalue weighted by atomic mass is 9.84. The zero-order valence-electron chi connectivity index (χ0n) is 20.2. The van der Waals surface area contributed by atoms with Crippen molar-refractivity contribution in [1.82, 2.24) is 15.1 Å². The second kappa shape index (κ2) is 9.26. The van der Waals surface area contributed by atoms with Gasteiger partial charge in [-0.15, -0.1) is 11.8 Å². The zero-order chi connectivity index (χ0) is 23.6. The Labute approximate surface area is 201 Å². The number of hydrogen-bond acceptors (Lipinski definition) is 4.